The zero-order valence-electron chi connectivity index (χ0n) is 12.2. The average molecular weight is 333 g/mol. The molecule has 5 heteroatoms. The van der Waals surface area contributed by atoms with Crippen molar-refractivity contribution in [3.8, 4) is 11.3 Å². The van der Waals surface area contributed by atoms with Gasteiger partial charge in [-0.05, 0) is 55.3 Å². The number of nitrogens with one attached hydrogen (secondary N) is 1. The van der Waals surface area contributed by atoms with Crippen LogP contribution in [0.25, 0.3) is 11.3 Å². The molecule has 0 aliphatic heterocycles. The maximum absolute atomic E-state index is 13.3. The van der Waals surface area contributed by atoms with Crippen LogP contribution in [0.1, 0.15) is 11.1 Å². The van der Waals surface area contributed by atoms with E-state index in [1.165, 1.54) is 17.4 Å². The van der Waals surface area contributed by atoms with E-state index in [0.717, 1.165) is 27.6 Å². The second kappa shape index (κ2) is 6.07. The molecule has 0 radical (unpaired) electrons. The summed E-state index contributed by atoms with van der Waals surface area (Å²) in [4.78, 5) is 4.56. The summed E-state index contributed by atoms with van der Waals surface area (Å²) in [7, 11) is 0. The van der Waals surface area contributed by atoms with E-state index in [2.05, 4.69) is 10.3 Å². The summed E-state index contributed by atoms with van der Waals surface area (Å²) in [5.41, 5.74) is 4.38. The molecule has 3 rings (SSSR count). The van der Waals surface area contributed by atoms with Crippen molar-refractivity contribution in [2.75, 3.05) is 5.32 Å². The minimum Gasteiger partial charge on any atom is -0.331 e. The first kappa shape index (κ1) is 15.0. The average Bonchev–Trinajstić information content (AvgIpc) is 2.94. The molecule has 3 aromatic rings. The Bertz CT molecular complexity index is 829. The van der Waals surface area contributed by atoms with Crippen molar-refractivity contribution in [1.82, 2.24) is 4.98 Å². The number of hydrogen-bond donors (Lipinski definition) is 1. The van der Waals surface area contributed by atoms with Crippen LogP contribution in [0.15, 0.2) is 41.8 Å². The van der Waals surface area contributed by atoms with Crippen molar-refractivity contribution >= 4 is 33.8 Å². The molecule has 1 aromatic heterocycles. The van der Waals surface area contributed by atoms with Crippen molar-refractivity contribution in [3.05, 3.63) is 63.7 Å². The smallest absolute Gasteiger partial charge is 0.187 e. The SMILES string of the molecule is Cc1cc(-c2csc(Nc3cc(Cl)ccc3C)n2)ccc1F. The molecule has 0 aliphatic carbocycles. The summed E-state index contributed by atoms with van der Waals surface area (Å²) in [5, 5.41) is 6.69. The fourth-order valence-electron chi connectivity index (χ4n) is 2.11. The summed E-state index contributed by atoms with van der Waals surface area (Å²) in [6.07, 6.45) is 0. The predicted octanol–water partition coefficient (Wildman–Crippen LogP) is 5.96. The van der Waals surface area contributed by atoms with E-state index >= 15 is 0 Å². The quantitative estimate of drug-likeness (QED) is 0.639. The van der Waals surface area contributed by atoms with E-state index in [1.807, 2.05) is 30.5 Å². The van der Waals surface area contributed by atoms with Crippen LogP contribution in [0.3, 0.4) is 0 Å². The van der Waals surface area contributed by atoms with Gasteiger partial charge in [0.1, 0.15) is 5.82 Å². The first-order chi connectivity index (χ1) is 10.5. The summed E-state index contributed by atoms with van der Waals surface area (Å²) in [5.74, 6) is -0.202. The van der Waals surface area contributed by atoms with E-state index in [9.17, 15) is 4.39 Å². The number of hydrogen-bond acceptors (Lipinski definition) is 3. The van der Waals surface area contributed by atoms with Gasteiger partial charge in [0.15, 0.2) is 5.13 Å². The molecule has 0 aliphatic rings. The van der Waals surface area contributed by atoms with Crippen molar-refractivity contribution in [1.29, 1.82) is 0 Å². The fourth-order valence-corrected chi connectivity index (χ4v) is 3.02. The summed E-state index contributed by atoms with van der Waals surface area (Å²) >= 11 is 7.53. The highest BCUT2D eigenvalue weighted by molar-refractivity contribution is 7.14. The minimum absolute atomic E-state index is 0.202. The zero-order chi connectivity index (χ0) is 15.7. The molecule has 1 N–H and O–H groups in total. The van der Waals surface area contributed by atoms with E-state index in [1.54, 1.807) is 19.1 Å². The molecule has 0 spiro atoms. The van der Waals surface area contributed by atoms with E-state index in [0.29, 0.717) is 10.6 Å². The molecule has 2 nitrogen and oxygen atoms in total. The van der Waals surface area contributed by atoms with E-state index < -0.39 is 0 Å². The number of rotatable bonds is 3. The van der Waals surface area contributed by atoms with Gasteiger partial charge in [0, 0.05) is 21.7 Å². The number of aromatic nitrogens is 1. The van der Waals surface area contributed by atoms with Crippen LogP contribution in [-0.2, 0) is 0 Å². The normalized spacial score (nSPS) is 10.7. The highest BCUT2D eigenvalue weighted by Gasteiger charge is 2.08. The van der Waals surface area contributed by atoms with Crippen LogP contribution in [-0.4, -0.2) is 4.98 Å². The molecule has 0 unspecified atom stereocenters. The van der Waals surface area contributed by atoms with Crippen LogP contribution in [0.2, 0.25) is 5.02 Å². The van der Waals surface area contributed by atoms with Gasteiger partial charge in [0.05, 0.1) is 5.69 Å². The summed E-state index contributed by atoms with van der Waals surface area (Å²) in [6, 6.07) is 10.7. The molecular weight excluding hydrogens is 319 g/mol. The van der Waals surface area contributed by atoms with Gasteiger partial charge in [-0.15, -0.1) is 11.3 Å². The number of aryl methyl sites for hydroxylation is 2. The fraction of sp³-hybridized carbons (Fsp3) is 0.118. The van der Waals surface area contributed by atoms with Crippen molar-refractivity contribution in [3.63, 3.8) is 0 Å². The van der Waals surface area contributed by atoms with Gasteiger partial charge in [-0.1, -0.05) is 17.7 Å². The Hall–Kier alpha value is -1.91. The highest BCUT2D eigenvalue weighted by Crippen LogP contribution is 2.30. The third-order valence-corrected chi connectivity index (χ3v) is 4.39. The molecule has 22 heavy (non-hydrogen) atoms. The van der Waals surface area contributed by atoms with Crippen LogP contribution >= 0.6 is 22.9 Å². The lowest BCUT2D eigenvalue weighted by Gasteiger charge is -2.06. The Labute approximate surface area is 137 Å². The minimum atomic E-state index is -0.202. The van der Waals surface area contributed by atoms with Crippen LogP contribution in [0.4, 0.5) is 15.2 Å². The van der Waals surface area contributed by atoms with Gasteiger partial charge in [-0.3, -0.25) is 0 Å². The van der Waals surface area contributed by atoms with Crippen molar-refractivity contribution in [2.45, 2.75) is 13.8 Å². The first-order valence-electron chi connectivity index (χ1n) is 6.78. The topological polar surface area (TPSA) is 24.9 Å². The highest BCUT2D eigenvalue weighted by atomic mass is 35.5. The maximum atomic E-state index is 13.3. The maximum Gasteiger partial charge on any atom is 0.187 e. The molecule has 0 bridgehead atoms. The predicted molar refractivity (Wildman–Crippen MR) is 91.7 cm³/mol. The summed E-state index contributed by atoms with van der Waals surface area (Å²) < 4.78 is 13.3. The zero-order valence-corrected chi connectivity index (χ0v) is 13.7. The van der Waals surface area contributed by atoms with Crippen LogP contribution in [0, 0.1) is 19.7 Å². The Balaban J connectivity index is 1.87. The van der Waals surface area contributed by atoms with Gasteiger partial charge in [-0.2, -0.15) is 0 Å². The Morgan fingerprint density at radius 3 is 2.68 bits per heavy atom. The number of halogens is 2. The molecule has 0 saturated heterocycles. The van der Waals surface area contributed by atoms with Gasteiger partial charge in [0.2, 0.25) is 0 Å². The Kier molecular flexibility index (Phi) is 4.14. The van der Waals surface area contributed by atoms with Crippen molar-refractivity contribution in [2.24, 2.45) is 0 Å². The molecule has 0 fully saturated rings. The monoisotopic (exact) mass is 332 g/mol. The molecular formula is C17H14ClFN2S. The first-order valence-corrected chi connectivity index (χ1v) is 8.04. The molecule has 0 saturated carbocycles. The standard InChI is InChI=1S/C17H14ClFN2S/c1-10-3-5-13(18)8-15(10)20-17-21-16(9-22-17)12-4-6-14(19)11(2)7-12/h3-9H,1-2H3,(H,20,21). The van der Waals surface area contributed by atoms with E-state index in [-0.39, 0.29) is 5.82 Å². The largest absolute Gasteiger partial charge is 0.331 e. The lowest BCUT2D eigenvalue weighted by molar-refractivity contribution is 0.619. The van der Waals surface area contributed by atoms with Gasteiger partial charge >= 0.3 is 0 Å². The molecule has 112 valence electrons. The van der Waals surface area contributed by atoms with Gasteiger partial charge < -0.3 is 5.32 Å². The Morgan fingerprint density at radius 2 is 1.91 bits per heavy atom. The van der Waals surface area contributed by atoms with Gasteiger partial charge in [0.25, 0.3) is 0 Å². The second-order valence-electron chi connectivity index (χ2n) is 5.09. The number of anilines is 2. The van der Waals surface area contributed by atoms with E-state index in [4.69, 9.17) is 11.6 Å². The number of nitrogens with zero attached hydrogens (tertiary/aromatic N) is 1. The molecule has 1 heterocycles. The van der Waals surface area contributed by atoms with Crippen LogP contribution in [0.5, 0.6) is 0 Å². The van der Waals surface area contributed by atoms with Crippen LogP contribution < -0.4 is 5.32 Å². The second-order valence-corrected chi connectivity index (χ2v) is 6.38. The van der Waals surface area contributed by atoms with Crippen molar-refractivity contribution < 1.29 is 4.39 Å². The summed E-state index contributed by atoms with van der Waals surface area (Å²) in [6.45, 7) is 3.76. The third-order valence-electron chi connectivity index (χ3n) is 3.40. The number of benzene rings is 2. The van der Waals surface area contributed by atoms with Gasteiger partial charge in [-0.25, -0.2) is 9.37 Å². The molecule has 0 atom stereocenters. The lowest BCUT2D eigenvalue weighted by atomic mass is 10.1. The lowest BCUT2D eigenvalue weighted by Crippen LogP contribution is -1.92. The Morgan fingerprint density at radius 1 is 1.09 bits per heavy atom. The number of thiazole rings is 1. The third kappa shape index (κ3) is 3.13. The molecule has 0 amide bonds. The molecule has 2 aromatic carbocycles.